The average Bonchev–Trinajstić information content (AvgIpc) is 3.13. The molecule has 1 aliphatic carbocycles. The number of aromatic amines is 1. The highest BCUT2D eigenvalue weighted by Crippen LogP contribution is 2.54. The zero-order valence-electron chi connectivity index (χ0n) is 11.6. The quantitative estimate of drug-likeness (QED) is 0.872. The Balaban J connectivity index is 1.63. The molecule has 1 aliphatic heterocycles. The van der Waals surface area contributed by atoms with Crippen LogP contribution in [0.2, 0.25) is 5.15 Å². The summed E-state index contributed by atoms with van der Waals surface area (Å²) in [4.78, 5) is 2.22. The molecule has 1 aromatic heterocycles. The minimum Gasteiger partial charge on any atom is -0.298 e. The molecule has 0 aromatic carbocycles. The highest BCUT2D eigenvalue weighted by molar-refractivity contribution is 6.30. The number of hydrogen-bond donors (Lipinski definition) is 1. The molecule has 2 heterocycles. The van der Waals surface area contributed by atoms with Crippen molar-refractivity contribution >= 4 is 11.6 Å². The third kappa shape index (κ3) is 2.58. The predicted octanol–water partition coefficient (Wildman–Crippen LogP) is 3.49. The number of nitrogens with zero attached hydrogens (tertiary/aromatic N) is 2. The summed E-state index contributed by atoms with van der Waals surface area (Å²) in [5.41, 5.74) is 1.93. The van der Waals surface area contributed by atoms with Crippen molar-refractivity contribution in [1.29, 1.82) is 0 Å². The van der Waals surface area contributed by atoms with Gasteiger partial charge in [0.05, 0.1) is 0 Å². The first-order valence-corrected chi connectivity index (χ1v) is 7.64. The van der Waals surface area contributed by atoms with Crippen molar-refractivity contribution in [2.24, 2.45) is 11.3 Å². The van der Waals surface area contributed by atoms with E-state index in [1.807, 2.05) is 0 Å². The number of likely N-dealkylation sites (tertiary alicyclic amines) is 1. The molecule has 112 valence electrons. The van der Waals surface area contributed by atoms with Crippen LogP contribution in [-0.2, 0) is 13.0 Å². The van der Waals surface area contributed by atoms with E-state index in [1.165, 1.54) is 0 Å². The van der Waals surface area contributed by atoms with Gasteiger partial charge in [0.25, 0.3) is 0 Å². The lowest BCUT2D eigenvalue weighted by molar-refractivity contribution is -0.0652. The minimum atomic E-state index is -2.19. The van der Waals surface area contributed by atoms with Crippen molar-refractivity contribution in [3.63, 3.8) is 0 Å². The van der Waals surface area contributed by atoms with Crippen LogP contribution in [0.4, 0.5) is 8.78 Å². The lowest BCUT2D eigenvalue weighted by Gasteiger charge is -2.51. The molecule has 0 amide bonds. The Morgan fingerprint density at radius 1 is 1.45 bits per heavy atom. The first-order chi connectivity index (χ1) is 9.54. The number of rotatable bonds is 6. The molecule has 0 atom stereocenters. The smallest absolute Gasteiger partial charge is 0.239 e. The summed E-state index contributed by atoms with van der Waals surface area (Å²) in [6.45, 7) is 4.31. The zero-order valence-corrected chi connectivity index (χ0v) is 12.4. The number of alkyl halides is 2. The molecular weight excluding hydrogens is 284 g/mol. The highest BCUT2D eigenvalue weighted by Gasteiger charge is 2.53. The Labute approximate surface area is 122 Å². The maximum atomic E-state index is 12.8. The molecule has 3 rings (SSSR count). The Bertz CT molecular complexity index is 479. The molecule has 3 nitrogen and oxygen atoms in total. The van der Waals surface area contributed by atoms with Crippen LogP contribution < -0.4 is 0 Å². The molecule has 1 N–H and O–H groups in total. The lowest BCUT2D eigenvalue weighted by atomic mass is 9.72. The van der Waals surface area contributed by atoms with E-state index in [4.69, 9.17) is 11.6 Å². The summed E-state index contributed by atoms with van der Waals surface area (Å²) >= 11 is 6.09. The fourth-order valence-electron chi connectivity index (χ4n) is 3.57. The normalized spacial score (nSPS) is 22.2. The van der Waals surface area contributed by atoms with Gasteiger partial charge >= 0.3 is 0 Å². The largest absolute Gasteiger partial charge is 0.298 e. The van der Waals surface area contributed by atoms with Crippen LogP contribution in [-0.4, -0.2) is 34.6 Å². The van der Waals surface area contributed by atoms with Crippen molar-refractivity contribution in [2.75, 3.05) is 13.1 Å². The molecule has 2 aliphatic rings. The average molecular weight is 304 g/mol. The van der Waals surface area contributed by atoms with Crippen molar-refractivity contribution in [1.82, 2.24) is 15.1 Å². The van der Waals surface area contributed by atoms with Gasteiger partial charge in [-0.15, -0.1) is 0 Å². The standard InChI is InChI=1S/C14H20ClF2N3/c1-2-11-10(13(15)19-18-11)6-20-7-14(8-20,5-12(16)17)9-3-4-9/h9,12H,2-8H2,1H3,(H,18,19). The van der Waals surface area contributed by atoms with Crippen molar-refractivity contribution in [3.05, 3.63) is 16.4 Å². The van der Waals surface area contributed by atoms with Crippen molar-refractivity contribution < 1.29 is 8.78 Å². The molecule has 2 fully saturated rings. The van der Waals surface area contributed by atoms with E-state index < -0.39 is 6.43 Å². The van der Waals surface area contributed by atoms with Gasteiger partial charge in [-0.2, -0.15) is 5.10 Å². The fraction of sp³-hybridized carbons (Fsp3) is 0.786. The van der Waals surface area contributed by atoms with Gasteiger partial charge in [0.2, 0.25) is 6.43 Å². The Hall–Kier alpha value is -0.680. The number of aryl methyl sites for hydroxylation is 1. The number of aromatic nitrogens is 2. The Kier molecular flexibility index (Phi) is 3.75. The van der Waals surface area contributed by atoms with E-state index >= 15 is 0 Å². The molecule has 1 aromatic rings. The molecular formula is C14H20ClF2N3. The second-order valence-corrected chi connectivity index (χ2v) is 6.56. The number of nitrogens with one attached hydrogen (secondary N) is 1. The van der Waals surface area contributed by atoms with Gasteiger partial charge in [-0.3, -0.25) is 10.00 Å². The summed E-state index contributed by atoms with van der Waals surface area (Å²) in [5.74, 6) is 0.512. The molecule has 20 heavy (non-hydrogen) atoms. The van der Waals surface area contributed by atoms with Gasteiger partial charge in [-0.05, 0) is 25.2 Å². The molecule has 6 heteroatoms. The molecule has 1 saturated carbocycles. The maximum absolute atomic E-state index is 12.8. The summed E-state index contributed by atoms with van der Waals surface area (Å²) in [6.07, 6.45) is 0.948. The van der Waals surface area contributed by atoms with E-state index in [9.17, 15) is 8.78 Å². The van der Waals surface area contributed by atoms with Gasteiger partial charge < -0.3 is 0 Å². The summed E-state index contributed by atoms with van der Waals surface area (Å²) < 4.78 is 25.5. The van der Waals surface area contributed by atoms with E-state index in [0.717, 1.165) is 50.2 Å². The lowest BCUT2D eigenvalue weighted by Crippen LogP contribution is -2.57. The second kappa shape index (κ2) is 5.26. The number of halogens is 3. The molecule has 0 unspecified atom stereocenters. The van der Waals surface area contributed by atoms with E-state index in [0.29, 0.717) is 11.1 Å². The molecule has 0 spiro atoms. The first-order valence-electron chi connectivity index (χ1n) is 7.26. The van der Waals surface area contributed by atoms with Crippen LogP contribution in [0.15, 0.2) is 0 Å². The number of H-pyrrole nitrogens is 1. The van der Waals surface area contributed by atoms with Crippen molar-refractivity contribution in [2.45, 2.75) is 45.6 Å². The topological polar surface area (TPSA) is 31.9 Å². The van der Waals surface area contributed by atoms with Gasteiger partial charge in [0, 0.05) is 42.7 Å². The van der Waals surface area contributed by atoms with Crippen LogP contribution in [0.5, 0.6) is 0 Å². The monoisotopic (exact) mass is 303 g/mol. The van der Waals surface area contributed by atoms with Crippen LogP contribution in [0.1, 0.15) is 37.4 Å². The summed E-state index contributed by atoms with van der Waals surface area (Å²) in [5, 5.41) is 7.48. The maximum Gasteiger partial charge on any atom is 0.239 e. The van der Waals surface area contributed by atoms with Crippen molar-refractivity contribution in [3.8, 4) is 0 Å². The number of hydrogen-bond acceptors (Lipinski definition) is 2. The van der Waals surface area contributed by atoms with Crippen LogP contribution in [0.25, 0.3) is 0 Å². The van der Waals surface area contributed by atoms with Gasteiger partial charge in [-0.1, -0.05) is 18.5 Å². The van der Waals surface area contributed by atoms with Crippen LogP contribution in [0, 0.1) is 11.3 Å². The van der Waals surface area contributed by atoms with E-state index in [2.05, 4.69) is 22.0 Å². The van der Waals surface area contributed by atoms with Crippen LogP contribution in [0.3, 0.4) is 0 Å². The minimum absolute atomic E-state index is 0.0495. The van der Waals surface area contributed by atoms with Gasteiger partial charge in [0.15, 0.2) is 5.15 Å². The van der Waals surface area contributed by atoms with E-state index in [-0.39, 0.29) is 11.8 Å². The summed E-state index contributed by atoms with van der Waals surface area (Å²) in [6, 6.07) is 0. The predicted molar refractivity (Wildman–Crippen MR) is 74.0 cm³/mol. The summed E-state index contributed by atoms with van der Waals surface area (Å²) in [7, 11) is 0. The second-order valence-electron chi connectivity index (χ2n) is 6.20. The third-order valence-electron chi connectivity index (χ3n) is 4.72. The SMILES string of the molecule is CCc1[nH]nc(Cl)c1CN1CC(CC(F)F)(C2CC2)C1. The van der Waals surface area contributed by atoms with E-state index in [1.54, 1.807) is 0 Å². The van der Waals surface area contributed by atoms with Crippen LogP contribution >= 0.6 is 11.6 Å². The van der Waals surface area contributed by atoms with Gasteiger partial charge in [0.1, 0.15) is 0 Å². The molecule has 0 bridgehead atoms. The molecule has 1 saturated heterocycles. The Morgan fingerprint density at radius 2 is 2.15 bits per heavy atom. The van der Waals surface area contributed by atoms with Gasteiger partial charge in [-0.25, -0.2) is 8.78 Å². The Morgan fingerprint density at radius 3 is 2.70 bits per heavy atom. The fourth-order valence-corrected chi connectivity index (χ4v) is 3.78. The zero-order chi connectivity index (χ0) is 14.3. The molecule has 0 radical (unpaired) electrons. The first kappa shape index (κ1) is 14.3. The highest BCUT2D eigenvalue weighted by atomic mass is 35.5. The third-order valence-corrected chi connectivity index (χ3v) is 5.03.